The summed E-state index contributed by atoms with van der Waals surface area (Å²) in [5, 5.41) is 9.95. The fourth-order valence-corrected chi connectivity index (χ4v) is 3.91. The standard InChI is InChI=1S/C22H20N2O4/c25-20-12-18(17-8-1-2-9-19(17)23-20)21(26)24-10-4-7-16(13-24)14-5-3-6-15(11-14)22(27)28/h1-3,5-6,8-9,11-12,16H,4,7,10,13H2,(H,23,25)(H,27,28). The van der Waals surface area contributed by atoms with Crippen molar-refractivity contribution in [3.63, 3.8) is 0 Å². The van der Waals surface area contributed by atoms with Gasteiger partial charge in [-0.15, -0.1) is 0 Å². The molecule has 28 heavy (non-hydrogen) atoms. The van der Waals surface area contributed by atoms with Crippen molar-refractivity contribution >= 4 is 22.8 Å². The number of hydrogen-bond donors (Lipinski definition) is 2. The molecule has 1 aliphatic heterocycles. The smallest absolute Gasteiger partial charge is 0.335 e. The Morgan fingerprint density at radius 2 is 1.89 bits per heavy atom. The van der Waals surface area contributed by atoms with Gasteiger partial charge in [0, 0.05) is 36.0 Å². The lowest BCUT2D eigenvalue weighted by molar-refractivity contribution is 0.0688. The third-order valence-corrected chi connectivity index (χ3v) is 5.29. The van der Waals surface area contributed by atoms with Gasteiger partial charge in [0.15, 0.2) is 0 Å². The lowest BCUT2D eigenvalue weighted by atomic mass is 9.89. The fraction of sp³-hybridized carbons (Fsp3) is 0.227. The lowest BCUT2D eigenvalue weighted by Crippen LogP contribution is -2.39. The molecule has 0 radical (unpaired) electrons. The average Bonchev–Trinajstić information content (AvgIpc) is 2.72. The summed E-state index contributed by atoms with van der Waals surface area (Å²) >= 11 is 0. The van der Waals surface area contributed by atoms with E-state index < -0.39 is 5.97 Å². The summed E-state index contributed by atoms with van der Waals surface area (Å²) in [5.74, 6) is -1.05. The Morgan fingerprint density at radius 1 is 1.07 bits per heavy atom. The summed E-state index contributed by atoms with van der Waals surface area (Å²) in [6.45, 7) is 1.12. The number of carboxylic acid groups (broad SMARTS) is 1. The maximum absolute atomic E-state index is 13.2. The van der Waals surface area contributed by atoms with E-state index in [0.717, 1.165) is 23.8 Å². The summed E-state index contributed by atoms with van der Waals surface area (Å²) in [6, 6.07) is 15.5. The van der Waals surface area contributed by atoms with Crippen molar-refractivity contribution in [1.82, 2.24) is 9.88 Å². The number of piperidine rings is 1. The molecule has 1 aromatic heterocycles. The second-order valence-corrected chi connectivity index (χ2v) is 7.11. The van der Waals surface area contributed by atoms with Gasteiger partial charge in [0.2, 0.25) is 5.56 Å². The minimum Gasteiger partial charge on any atom is -0.478 e. The molecule has 3 aromatic rings. The number of carbonyl (C=O) groups excluding carboxylic acids is 1. The molecule has 1 fully saturated rings. The van der Waals surface area contributed by atoms with Crippen LogP contribution in [0.1, 0.15) is 45.0 Å². The Balaban J connectivity index is 1.64. The molecule has 4 rings (SSSR count). The number of nitrogens with zero attached hydrogens (tertiary/aromatic N) is 1. The van der Waals surface area contributed by atoms with Crippen molar-refractivity contribution in [1.29, 1.82) is 0 Å². The molecule has 6 nitrogen and oxygen atoms in total. The summed E-state index contributed by atoms with van der Waals surface area (Å²) in [6.07, 6.45) is 1.72. The lowest BCUT2D eigenvalue weighted by Gasteiger charge is -2.33. The third-order valence-electron chi connectivity index (χ3n) is 5.29. The van der Waals surface area contributed by atoms with Crippen molar-refractivity contribution in [3.8, 4) is 0 Å². The van der Waals surface area contributed by atoms with Gasteiger partial charge >= 0.3 is 5.97 Å². The molecule has 0 aliphatic carbocycles. The number of amides is 1. The second-order valence-electron chi connectivity index (χ2n) is 7.11. The monoisotopic (exact) mass is 376 g/mol. The number of pyridine rings is 1. The van der Waals surface area contributed by atoms with Gasteiger partial charge in [-0.2, -0.15) is 0 Å². The molecule has 1 unspecified atom stereocenters. The molecule has 2 N–H and O–H groups in total. The molecule has 1 aliphatic rings. The van der Waals surface area contributed by atoms with E-state index in [-0.39, 0.29) is 22.9 Å². The van der Waals surface area contributed by atoms with Crippen LogP contribution in [0, 0.1) is 0 Å². The van der Waals surface area contributed by atoms with Crippen molar-refractivity contribution in [3.05, 3.63) is 81.6 Å². The molecule has 0 saturated carbocycles. The van der Waals surface area contributed by atoms with Crippen LogP contribution in [0.5, 0.6) is 0 Å². The first-order chi connectivity index (χ1) is 13.5. The SMILES string of the molecule is O=C(O)c1cccc(C2CCCN(C(=O)c3cc(=O)[nH]c4ccccc34)C2)c1. The number of aromatic carboxylic acids is 1. The molecule has 1 atom stereocenters. The van der Waals surface area contributed by atoms with Crippen LogP contribution in [0.2, 0.25) is 0 Å². The predicted molar refractivity (Wildman–Crippen MR) is 106 cm³/mol. The zero-order valence-corrected chi connectivity index (χ0v) is 15.2. The van der Waals surface area contributed by atoms with Gasteiger partial charge in [-0.05, 0) is 36.6 Å². The maximum atomic E-state index is 13.2. The highest BCUT2D eigenvalue weighted by Gasteiger charge is 2.27. The third kappa shape index (κ3) is 3.41. The van der Waals surface area contributed by atoms with E-state index in [1.807, 2.05) is 24.3 Å². The molecule has 2 aromatic carbocycles. The number of carbonyl (C=O) groups is 2. The zero-order valence-electron chi connectivity index (χ0n) is 15.2. The minimum absolute atomic E-state index is 0.0743. The summed E-state index contributed by atoms with van der Waals surface area (Å²) in [5.41, 5.74) is 1.92. The first-order valence-electron chi connectivity index (χ1n) is 9.27. The first kappa shape index (κ1) is 18.0. The number of carboxylic acids is 1. The summed E-state index contributed by atoms with van der Waals surface area (Å²) in [7, 11) is 0. The second kappa shape index (κ2) is 7.31. The van der Waals surface area contributed by atoms with E-state index in [2.05, 4.69) is 4.98 Å². The van der Waals surface area contributed by atoms with E-state index in [4.69, 9.17) is 0 Å². The van der Waals surface area contributed by atoms with Crippen LogP contribution >= 0.6 is 0 Å². The molecule has 6 heteroatoms. The number of fused-ring (bicyclic) bond motifs is 1. The number of aromatic amines is 1. The van der Waals surface area contributed by atoms with Gasteiger partial charge < -0.3 is 15.0 Å². The Kier molecular flexibility index (Phi) is 4.69. The maximum Gasteiger partial charge on any atom is 0.335 e. The average molecular weight is 376 g/mol. The number of hydrogen-bond acceptors (Lipinski definition) is 3. The Hall–Kier alpha value is -3.41. The topological polar surface area (TPSA) is 90.5 Å². The van der Waals surface area contributed by atoms with Gasteiger partial charge in [0.25, 0.3) is 5.91 Å². The van der Waals surface area contributed by atoms with Crippen molar-refractivity contribution < 1.29 is 14.7 Å². The van der Waals surface area contributed by atoms with Crippen LogP contribution < -0.4 is 5.56 Å². The first-order valence-corrected chi connectivity index (χ1v) is 9.27. The van der Waals surface area contributed by atoms with E-state index in [9.17, 15) is 19.5 Å². The largest absolute Gasteiger partial charge is 0.478 e. The fourth-order valence-electron chi connectivity index (χ4n) is 3.91. The van der Waals surface area contributed by atoms with E-state index >= 15 is 0 Å². The van der Waals surface area contributed by atoms with Gasteiger partial charge in [0.05, 0.1) is 11.1 Å². The van der Waals surface area contributed by atoms with E-state index in [1.165, 1.54) is 6.07 Å². The Labute approximate surface area is 161 Å². The van der Waals surface area contributed by atoms with Gasteiger partial charge in [0.1, 0.15) is 0 Å². The van der Waals surface area contributed by atoms with Crippen molar-refractivity contribution in [2.75, 3.05) is 13.1 Å². The Morgan fingerprint density at radius 3 is 2.71 bits per heavy atom. The molecule has 142 valence electrons. The van der Waals surface area contributed by atoms with E-state index in [1.54, 1.807) is 29.2 Å². The van der Waals surface area contributed by atoms with Crippen LogP contribution in [-0.4, -0.2) is 40.0 Å². The Bertz CT molecular complexity index is 1120. The number of rotatable bonds is 3. The molecule has 1 saturated heterocycles. The van der Waals surface area contributed by atoms with E-state index in [0.29, 0.717) is 24.2 Å². The highest BCUT2D eigenvalue weighted by molar-refractivity contribution is 6.06. The van der Waals surface area contributed by atoms with Crippen LogP contribution in [0.3, 0.4) is 0 Å². The quantitative estimate of drug-likeness (QED) is 0.734. The van der Waals surface area contributed by atoms with Crippen LogP contribution in [-0.2, 0) is 0 Å². The number of nitrogens with one attached hydrogen (secondary N) is 1. The predicted octanol–water partition coefficient (Wildman–Crippen LogP) is 3.25. The molecule has 0 spiro atoms. The number of H-pyrrole nitrogens is 1. The number of para-hydroxylation sites is 1. The number of benzene rings is 2. The van der Waals surface area contributed by atoms with Crippen LogP contribution in [0.4, 0.5) is 0 Å². The van der Waals surface area contributed by atoms with Crippen molar-refractivity contribution in [2.24, 2.45) is 0 Å². The summed E-state index contributed by atoms with van der Waals surface area (Å²) < 4.78 is 0. The molecular weight excluding hydrogens is 356 g/mol. The van der Waals surface area contributed by atoms with Crippen molar-refractivity contribution in [2.45, 2.75) is 18.8 Å². The highest BCUT2D eigenvalue weighted by Crippen LogP contribution is 2.29. The normalized spacial score (nSPS) is 16.9. The molecular formula is C22H20N2O4. The van der Waals surface area contributed by atoms with Gasteiger partial charge in [-0.3, -0.25) is 9.59 Å². The molecule has 2 heterocycles. The number of likely N-dealkylation sites (tertiary alicyclic amines) is 1. The number of aromatic nitrogens is 1. The molecule has 0 bridgehead atoms. The van der Waals surface area contributed by atoms with Crippen LogP contribution in [0.15, 0.2) is 59.4 Å². The zero-order chi connectivity index (χ0) is 19.7. The minimum atomic E-state index is -0.958. The van der Waals surface area contributed by atoms with Gasteiger partial charge in [-0.1, -0.05) is 30.3 Å². The van der Waals surface area contributed by atoms with Gasteiger partial charge in [-0.25, -0.2) is 4.79 Å². The highest BCUT2D eigenvalue weighted by atomic mass is 16.4. The summed E-state index contributed by atoms with van der Waals surface area (Å²) in [4.78, 5) is 41.0. The van der Waals surface area contributed by atoms with Crippen LogP contribution in [0.25, 0.3) is 10.9 Å². The molecule has 1 amide bonds.